The molecule has 8 nitrogen and oxygen atoms in total. The number of nitrogens with one attached hydrogen (secondary N) is 3. The second-order valence-corrected chi connectivity index (χ2v) is 6.19. The lowest BCUT2D eigenvalue weighted by Gasteiger charge is -2.12. The van der Waals surface area contributed by atoms with Crippen LogP contribution in [0.3, 0.4) is 0 Å². The molecular formula is C17H20N4O4. The maximum Gasteiger partial charge on any atom is 0.319 e. The fraction of sp³-hybridized carbons (Fsp3) is 0.412. The summed E-state index contributed by atoms with van der Waals surface area (Å²) in [4.78, 5) is 49.1. The Morgan fingerprint density at radius 3 is 2.52 bits per heavy atom. The molecule has 0 aromatic heterocycles. The van der Waals surface area contributed by atoms with E-state index in [2.05, 4.69) is 16.0 Å². The van der Waals surface area contributed by atoms with Gasteiger partial charge in [-0.15, -0.1) is 0 Å². The molecule has 3 N–H and O–H groups in total. The highest BCUT2D eigenvalue weighted by Crippen LogP contribution is 2.33. The van der Waals surface area contributed by atoms with Crippen molar-refractivity contribution in [1.29, 1.82) is 0 Å². The molecule has 0 unspecified atom stereocenters. The maximum absolute atomic E-state index is 12.4. The number of rotatable bonds is 6. The Hall–Kier alpha value is -2.90. The third kappa shape index (κ3) is 3.78. The molecule has 8 heteroatoms. The highest BCUT2D eigenvalue weighted by molar-refractivity contribution is 6.21. The molecule has 1 fully saturated rings. The van der Waals surface area contributed by atoms with Gasteiger partial charge in [0.1, 0.15) is 0 Å². The fourth-order valence-corrected chi connectivity index (χ4v) is 2.69. The molecule has 0 atom stereocenters. The van der Waals surface area contributed by atoms with E-state index in [9.17, 15) is 19.2 Å². The number of hydrogen-bond acceptors (Lipinski definition) is 4. The van der Waals surface area contributed by atoms with E-state index in [1.165, 1.54) is 11.0 Å². The van der Waals surface area contributed by atoms with Crippen molar-refractivity contribution in [2.45, 2.75) is 19.8 Å². The summed E-state index contributed by atoms with van der Waals surface area (Å²) in [6, 6.07) is 4.05. The van der Waals surface area contributed by atoms with E-state index in [-0.39, 0.29) is 24.3 Å². The average Bonchev–Trinajstić information content (AvgIpc) is 3.37. The maximum atomic E-state index is 12.4. The number of hydrogen-bond donors (Lipinski definition) is 3. The van der Waals surface area contributed by atoms with Crippen LogP contribution in [0, 0.1) is 5.92 Å². The zero-order valence-corrected chi connectivity index (χ0v) is 13.9. The monoisotopic (exact) mass is 344 g/mol. The van der Waals surface area contributed by atoms with Gasteiger partial charge in [-0.05, 0) is 43.9 Å². The smallest absolute Gasteiger partial charge is 0.319 e. The van der Waals surface area contributed by atoms with Gasteiger partial charge in [-0.25, -0.2) is 4.79 Å². The first-order valence-corrected chi connectivity index (χ1v) is 8.31. The summed E-state index contributed by atoms with van der Waals surface area (Å²) in [6.07, 6.45) is 2.10. The van der Waals surface area contributed by atoms with Crippen LogP contribution in [0.5, 0.6) is 0 Å². The number of fused-ring (bicyclic) bond motifs is 1. The largest absolute Gasteiger partial charge is 0.355 e. The molecule has 1 heterocycles. The van der Waals surface area contributed by atoms with Gasteiger partial charge < -0.3 is 16.0 Å². The number of urea groups is 1. The average molecular weight is 344 g/mol. The minimum absolute atomic E-state index is 0.142. The molecule has 3 rings (SSSR count). The van der Waals surface area contributed by atoms with Gasteiger partial charge in [0, 0.05) is 18.8 Å². The number of carbonyl (C=O) groups is 4. The summed E-state index contributed by atoms with van der Waals surface area (Å²) in [5.74, 6) is -0.472. The first-order chi connectivity index (χ1) is 12.0. The summed E-state index contributed by atoms with van der Waals surface area (Å²) in [5.41, 5.74) is 1.05. The molecule has 1 aliphatic carbocycles. The van der Waals surface area contributed by atoms with Crippen LogP contribution in [0.2, 0.25) is 0 Å². The van der Waals surface area contributed by atoms with Crippen LogP contribution < -0.4 is 16.0 Å². The molecule has 0 saturated heterocycles. The lowest BCUT2D eigenvalue weighted by molar-refractivity contribution is -0.119. The van der Waals surface area contributed by atoms with E-state index < -0.39 is 6.03 Å². The number of likely N-dealkylation sites (N-methyl/N-ethyl adjacent to an activating group) is 1. The van der Waals surface area contributed by atoms with Crippen molar-refractivity contribution in [3.8, 4) is 0 Å². The van der Waals surface area contributed by atoms with Crippen molar-refractivity contribution in [3.05, 3.63) is 29.3 Å². The number of anilines is 1. The third-order valence-electron chi connectivity index (χ3n) is 4.15. The van der Waals surface area contributed by atoms with Crippen LogP contribution in [-0.2, 0) is 4.79 Å². The summed E-state index contributed by atoms with van der Waals surface area (Å²) >= 11 is 0. The molecule has 1 saturated carbocycles. The molecule has 0 radical (unpaired) electrons. The van der Waals surface area contributed by atoms with E-state index in [0.717, 1.165) is 12.8 Å². The lowest BCUT2D eigenvalue weighted by atomic mass is 10.1. The zero-order valence-electron chi connectivity index (χ0n) is 13.9. The summed E-state index contributed by atoms with van der Waals surface area (Å²) in [5, 5.41) is 7.55. The van der Waals surface area contributed by atoms with Crippen molar-refractivity contribution in [2.75, 3.05) is 25.0 Å². The quantitative estimate of drug-likeness (QED) is 0.668. The predicted octanol–water partition coefficient (Wildman–Crippen LogP) is 0.950. The molecule has 132 valence electrons. The predicted molar refractivity (Wildman–Crippen MR) is 90.2 cm³/mol. The number of carbonyl (C=O) groups excluding carboxylic acids is 4. The number of amides is 5. The highest BCUT2D eigenvalue weighted by Gasteiger charge is 2.38. The summed E-state index contributed by atoms with van der Waals surface area (Å²) < 4.78 is 0. The van der Waals surface area contributed by atoms with Gasteiger partial charge in [0.05, 0.1) is 17.7 Å². The molecule has 2 aliphatic rings. The van der Waals surface area contributed by atoms with Gasteiger partial charge >= 0.3 is 6.03 Å². The molecule has 0 bridgehead atoms. The van der Waals surface area contributed by atoms with E-state index in [1.54, 1.807) is 19.1 Å². The second kappa shape index (κ2) is 6.92. The van der Waals surface area contributed by atoms with Crippen molar-refractivity contribution >= 4 is 29.4 Å². The van der Waals surface area contributed by atoms with Crippen molar-refractivity contribution in [2.24, 2.45) is 5.92 Å². The minimum atomic E-state index is -0.558. The van der Waals surface area contributed by atoms with E-state index in [1.807, 2.05) is 0 Å². The standard InChI is InChI=1S/C17H20N4O4/c1-2-18-14(22)8-19-17(25)20-11-5-6-12-13(7-11)16(24)21(15(12)23)9-10-3-4-10/h5-7,10H,2-4,8-9H2,1H3,(H,18,22)(H2,19,20,25). The van der Waals surface area contributed by atoms with Crippen LogP contribution in [0.15, 0.2) is 18.2 Å². The van der Waals surface area contributed by atoms with E-state index in [0.29, 0.717) is 35.8 Å². The molecular weight excluding hydrogens is 324 g/mol. The normalized spacial score (nSPS) is 15.8. The van der Waals surface area contributed by atoms with Gasteiger partial charge in [0.2, 0.25) is 5.91 Å². The van der Waals surface area contributed by atoms with Gasteiger partial charge in [-0.2, -0.15) is 0 Å². The van der Waals surface area contributed by atoms with Crippen LogP contribution >= 0.6 is 0 Å². The Kier molecular flexibility index (Phi) is 4.69. The van der Waals surface area contributed by atoms with E-state index >= 15 is 0 Å². The Balaban J connectivity index is 1.63. The number of nitrogens with zero attached hydrogens (tertiary/aromatic N) is 1. The van der Waals surface area contributed by atoms with Crippen molar-refractivity contribution < 1.29 is 19.2 Å². The Morgan fingerprint density at radius 1 is 1.12 bits per heavy atom. The molecule has 1 aliphatic heterocycles. The van der Waals surface area contributed by atoms with Crippen LogP contribution in [-0.4, -0.2) is 48.3 Å². The third-order valence-corrected chi connectivity index (χ3v) is 4.15. The minimum Gasteiger partial charge on any atom is -0.355 e. The van der Waals surface area contributed by atoms with Crippen molar-refractivity contribution in [3.63, 3.8) is 0 Å². The van der Waals surface area contributed by atoms with Crippen LogP contribution in [0.4, 0.5) is 10.5 Å². The molecule has 0 spiro atoms. The first kappa shape index (κ1) is 16.9. The molecule has 1 aromatic carbocycles. The van der Waals surface area contributed by atoms with Gasteiger partial charge in [0.25, 0.3) is 11.8 Å². The highest BCUT2D eigenvalue weighted by atomic mass is 16.2. The van der Waals surface area contributed by atoms with Crippen LogP contribution in [0.1, 0.15) is 40.5 Å². The molecule has 1 aromatic rings. The zero-order chi connectivity index (χ0) is 18.0. The number of imide groups is 1. The lowest BCUT2D eigenvalue weighted by Crippen LogP contribution is -2.38. The second-order valence-electron chi connectivity index (χ2n) is 6.19. The van der Waals surface area contributed by atoms with Gasteiger partial charge in [-0.1, -0.05) is 0 Å². The number of benzene rings is 1. The summed E-state index contributed by atoms with van der Waals surface area (Å²) in [6.45, 7) is 2.59. The van der Waals surface area contributed by atoms with Gasteiger partial charge in [0.15, 0.2) is 0 Å². The van der Waals surface area contributed by atoms with Gasteiger partial charge in [-0.3, -0.25) is 19.3 Å². The first-order valence-electron chi connectivity index (χ1n) is 8.31. The Bertz CT molecular complexity index is 742. The molecule has 25 heavy (non-hydrogen) atoms. The molecule has 5 amide bonds. The topological polar surface area (TPSA) is 108 Å². The van der Waals surface area contributed by atoms with E-state index in [4.69, 9.17) is 0 Å². The van der Waals surface area contributed by atoms with Crippen molar-refractivity contribution in [1.82, 2.24) is 15.5 Å². The van der Waals surface area contributed by atoms with Crippen LogP contribution in [0.25, 0.3) is 0 Å². The SMILES string of the molecule is CCNC(=O)CNC(=O)Nc1ccc2c(c1)C(=O)N(CC1CC1)C2=O. The Labute approximate surface area is 144 Å². The fourth-order valence-electron chi connectivity index (χ4n) is 2.69. The summed E-state index contributed by atoms with van der Waals surface area (Å²) in [7, 11) is 0. The Morgan fingerprint density at radius 2 is 1.84 bits per heavy atom.